The second kappa shape index (κ2) is 8.75. The van der Waals surface area contributed by atoms with Crippen LogP contribution in [0, 0.1) is 5.92 Å². The van der Waals surface area contributed by atoms with Crippen LogP contribution in [0.5, 0.6) is 0 Å². The third-order valence-corrected chi connectivity index (χ3v) is 5.94. The maximum Gasteiger partial charge on any atom is 0.239 e. The standard InChI is InChI=1S/C19H23N5O4S/c25-16-7-11(3-5-20-16)18(27)23-12-1-2-14-15(8-12)29-19(24-14)21-9-17(26)22-13-4-6-28-10-13/h1-2,8,11,13H,3-7,9-10H2,(H,20,25)(H,21,24)(H,22,26)(H,23,27). The van der Waals surface area contributed by atoms with Gasteiger partial charge in [-0.15, -0.1) is 0 Å². The lowest BCUT2D eigenvalue weighted by Gasteiger charge is -2.21. The zero-order chi connectivity index (χ0) is 20.2. The fraction of sp³-hybridized carbons (Fsp3) is 0.474. The number of anilines is 2. The Labute approximate surface area is 171 Å². The summed E-state index contributed by atoms with van der Waals surface area (Å²) in [6.45, 7) is 1.92. The predicted molar refractivity (Wildman–Crippen MR) is 110 cm³/mol. The Balaban J connectivity index is 1.34. The zero-order valence-corrected chi connectivity index (χ0v) is 16.6. The fourth-order valence-corrected chi connectivity index (χ4v) is 4.31. The first kappa shape index (κ1) is 19.6. The van der Waals surface area contributed by atoms with Gasteiger partial charge < -0.3 is 26.0 Å². The van der Waals surface area contributed by atoms with Crippen molar-refractivity contribution in [1.82, 2.24) is 15.6 Å². The smallest absolute Gasteiger partial charge is 0.239 e. The average Bonchev–Trinajstić information content (AvgIpc) is 3.35. The third kappa shape index (κ3) is 5.01. The molecular formula is C19H23N5O4S. The second-order valence-electron chi connectivity index (χ2n) is 7.21. The van der Waals surface area contributed by atoms with E-state index in [2.05, 4.69) is 26.3 Å². The molecule has 3 amide bonds. The highest BCUT2D eigenvalue weighted by Gasteiger charge is 2.25. The maximum atomic E-state index is 12.4. The van der Waals surface area contributed by atoms with Gasteiger partial charge in [-0.3, -0.25) is 14.4 Å². The van der Waals surface area contributed by atoms with E-state index >= 15 is 0 Å². The molecule has 2 aromatic rings. The number of hydrogen-bond donors (Lipinski definition) is 4. The molecule has 4 rings (SSSR count). The van der Waals surface area contributed by atoms with Gasteiger partial charge in [-0.1, -0.05) is 11.3 Å². The molecule has 0 aliphatic carbocycles. The molecule has 0 spiro atoms. The van der Waals surface area contributed by atoms with Crippen LogP contribution in [0.1, 0.15) is 19.3 Å². The van der Waals surface area contributed by atoms with Crippen LogP contribution in [-0.4, -0.2) is 55.1 Å². The Kier molecular flexibility index (Phi) is 5.91. The molecule has 1 aromatic carbocycles. The molecule has 10 heteroatoms. The van der Waals surface area contributed by atoms with Crippen molar-refractivity contribution < 1.29 is 19.1 Å². The lowest BCUT2D eigenvalue weighted by Crippen LogP contribution is -2.38. The summed E-state index contributed by atoms with van der Waals surface area (Å²) in [6.07, 6.45) is 1.70. The third-order valence-electron chi connectivity index (χ3n) is 4.97. The number of benzene rings is 1. The highest BCUT2D eigenvalue weighted by molar-refractivity contribution is 7.22. The Morgan fingerprint density at radius 2 is 2.21 bits per heavy atom. The highest BCUT2D eigenvalue weighted by Crippen LogP contribution is 2.28. The molecule has 2 atom stereocenters. The highest BCUT2D eigenvalue weighted by atomic mass is 32.1. The summed E-state index contributed by atoms with van der Waals surface area (Å²) in [6, 6.07) is 5.56. The summed E-state index contributed by atoms with van der Waals surface area (Å²) in [5, 5.41) is 12.2. The largest absolute Gasteiger partial charge is 0.379 e. The molecular weight excluding hydrogens is 394 g/mol. The second-order valence-corrected chi connectivity index (χ2v) is 8.24. The van der Waals surface area contributed by atoms with Gasteiger partial charge in [0.1, 0.15) is 0 Å². The first-order valence-corrected chi connectivity index (χ1v) is 10.5. The van der Waals surface area contributed by atoms with Crippen molar-refractivity contribution in [2.24, 2.45) is 5.92 Å². The van der Waals surface area contributed by atoms with Crippen LogP contribution in [0.4, 0.5) is 10.8 Å². The molecule has 0 saturated carbocycles. The van der Waals surface area contributed by atoms with E-state index in [0.29, 0.717) is 37.0 Å². The molecule has 2 aliphatic heterocycles. The van der Waals surface area contributed by atoms with Gasteiger partial charge >= 0.3 is 0 Å². The monoisotopic (exact) mass is 417 g/mol. The number of ether oxygens (including phenoxy) is 1. The number of amides is 3. The molecule has 0 bridgehead atoms. The minimum atomic E-state index is -0.304. The molecule has 3 heterocycles. The molecule has 2 unspecified atom stereocenters. The fourth-order valence-electron chi connectivity index (χ4n) is 3.41. The molecule has 0 radical (unpaired) electrons. The Morgan fingerprint density at radius 3 is 3.00 bits per heavy atom. The minimum Gasteiger partial charge on any atom is -0.379 e. The topological polar surface area (TPSA) is 121 Å². The van der Waals surface area contributed by atoms with E-state index in [1.165, 1.54) is 11.3 Å². The number of aromatic nitrogens is 1. The number of rotatable bonds is 6. The predicted octanol–water partition coefficient (Wildman–Crippen LogP) is 1.08. The Bertz CT molecular complexity index is 924. The number of fused-ring (bicyclic) bond motifs is 1. The maximum absolute atomic E-state index is 12.4. The van der Waals surface area contributed by atoms with E-state index in [4.69, 9.17) is 4.74 Å². The van der Waals surface area contributed by atoms with Crippen LogP contribution in [0.15, 0.2) is 18.2 Å². The van der Waals surface area contributed by atoms with Crippen molar-refractivity contribution in [1.29, 1.82) is 0 Å². The van der Waals surface area contributed by atoms with E-state index in [1.807, 2.05) is 12.1 Å². The number of thiazole rings is 1. The summed E-state index contributed by atoms with van der Waals surface area (Å²) in [5.74, 6) is -0.629. The van der Waals surface area contributed by atoms with E-state index in [-0.39, 0.29) is 42.6 Å². The lowest BCUT2D eigenvalue weighted by atomic mass is 9.96. The summed E-state index contributed by atoms with van der Waals surface area (Å²) in [7, 11) is 0. The number of carbonyl (C=O) groups is 3. The van der Waals surface area contributed by atoms with Crippen molar-refractivity contribution >= 4 is 50.1 Å². The molecule has 2 fully saturated rings. The van der Waals surface area contributed by atoms with Crippen LogP contribution in [-0.2, 0) is 19.1 Å². The van der Waals surface area contributed by atoms with Crippen LogP contribution < -0.4 is 21.3 Å². The summed E-state index contributed by atoms with van der Waals surface area (Å²) in [4.78, 5) is 40.4. The lowest BCUT2D eigenvalue weighted by molar-refractivity contribution is -0.129. The van der Waals surface area contributed by atoms with Gasteiger partial charge in [-0.2, -0.15) is 0 Å². The van der Waals surface area contributed by atoms with Gasteiger partial charge in [0.05, 0.1) is 29.4 Å². The van der Waals surface area contributed by atoms with Crippen molar-refractivity contribution in [2.75, 3.05) is 36.9 Å². The zero-order valence-electron chi connectivity index (χ0n) is 15.8. The van der Waals surface area contributed by atoms with E-state index in [1.54, 1.807) is 6.07 Å². The van der Waals surface area contributed by atoms with Gasteiger partial charge in [0.25, 0.3) is 0 Å². The van der Waals surface area contributed by atoms with Gasteiger partial charge in [0, 0.05) is 31.2 Å². The van der Waals surface area contributed by atoms with Gasteiger partial charge in [0.2, 0.25) is 17.7 Å². The van der Waals surface area contributed by atoms with E-state index in [0.717, 1.165) is 16.6 Å². The first-order valence-electron chi connectivity index (χ1n) is 9.66. The molecule has 9 nitrogen and oxygen atoms in total. The Hall–Kier alpha value is -2.72. The van der Waals surface area contributed by atoms with Crippen molar-refractivity contribution in [2.45, 2.75) is 25.3 Å². The molecule has 2 saturated heterocycles. The molecule has 29 heavy (non-hydrogen) atoms. The van der Waals surface area contributed by atoms with Crippen molar-refractivity contribution in [3.05, 3.63) is 18.2 Å². The number of nitrogens with zero attached hydrogens (tertiary/aromatic N) is 1. The van der Waals surface area contributed by atoms with Crippen molar-refractivity contribution in [3.8, 4) is 0 Å². The quantitative estimate of drug-likeness (QED) is 0.558. The first-order chi connectivity index (χ1) is 14.1. The summed E-state index contributed by atoms with van der Waals surface area (Å²) in [5.41, 5.74) is 1.46. The van der Waals surface area contributed by atoms with Crippen molar-refractivity contribution in [3.63, 3.8) is 0 Å². The molecule has 4 N–H and O–H groups in total. The van der Waals surface area contributed by atoms with Crippen LogP contribution in [0.3, 0.4) is 0 Å². The van der Waals surface area contributed by atoms with Gasteiger partial charge in [-0.05, 0) is 31.0 Å². The minimum absolute atomic E-state index is 0.0843. The van der Waals surface area contributed by atoms with Crippen LogP contribution in [0.25, 0.3) is 10.2 Å². The number of nitrogens with one attached hydrogen (secondary N) is 4. The molecule has 1 aromatic heterocycles. The number of hydrogen-bond acceptors (Lipinski definition) is 7. The molecule has 154 valence electrons. The SMILES string of the molecule is O=C1CC(C(=O)Nc2ccc3nc(NCC(=O)NC4CCOC4)sc3c2)CCN1. The summed E-state index contributed by atoms with van der Waals surface area (Å²) >= 11 is 1.42. The summed E-state index contributed by atoms with van der Waals surface area (Å²) < 4.78 is 6.15. The van der Waals surface area contributed by atoms with Crippen LogP contribution >= 0.6 is 11.3 Å². The van der Waals surface area contributed by atoms with Gasteiger partial charge in [-0.25, -0.2) is 4.98 Å². The number of carbonyl (C=O) groups excluding carboxylic acids is 3. The van der Waals surface area contributed by atoms with Gasteiger partial charge in [0.15, 0.2) is 5.13 Å². The van der Waals surface area contributed by atoms with E-state index in [9.17, 15) is 14.4 Å². The van der Waals surface area contributed by atoms with E-state index < -0.39 is 0 Å². The molecule has 2 aliphatic rings. The normalized spacial score (nSPS) is 21.6. The van der Waals surface area contributed by atoms with Crippen LogP contribution in [0.2, 0.25) is 0 Å². The average molecular weight is 417 g/mol. The Morgan fingerprint density at radius 1 is 1.31 bits per heavy atom. The number of piperidine rings is 1.